The minimum atomic E-state index is -0.486. The Kier molecular flexibility index (Phi) is 5.94. The maximum absolute atomic E-state index is 12.9. The quantitative estimate of drug-likeness (QED) is 0.432. The molecule has 1 N–H and O–H groups in total. The number of nitrogens with one attached hydrogen (secondary N) is 1. The molecule has 2 aliphatic carbocycles. The van der Waals surface area contributed by atoms with Gasteiger partial charge in [-0.2, -0.15) is 4.39 Å². The Morgan fingerprint density at radius 3 is 2.97 bits per heavy atom. The van der Waals surface area contributed by atoms with Crippen LogP contribution in [0.4, 0.5) is 4.39 Å². The number of allylic oxidation sites excluding steroid dienone is 4. The molecule has 146 valence electrons. The van der Waals surface area contributed by atoms with Crippen molar-refractivity contribution < 1.29 is 4.39 Å². The van der Waals surface area contributed by atoms with Crippen LogP contribution in [0.1, 0.15) is 42.1 Å². The molecule has 0 bridgehead atoms. The number of pyridine rings is 2. The zero-order valence-corrected chi connectivity index (χ0v) is 17.1. The van der Waals surface area contributed by atoms with Crippen LogP contribution in [0.2, 0.25) is 0 Å². The summed E-state index contributed by atoms with van der Waals surface area (Å²) in [4.78, 5) is 9.32. The van der Waals surface area contributed by atoms with Crippen LogP contribution >= 0.6 is 11.9 Å². The van der Waals surface area contributed by atoms with Gasteiger partial charge in [-0.3, -0.25) is 9.71 Å². The first-order valence-electron chi connectivity index (χ1n) is 9.68. The Labute approximate surface area is 175 Å². The molecule has 4 rings (SSSR count). The molecule has 2 aliphatic rings. The van der Waals surface area contributed by atoms with Gasteiger partial charge in [-0.25, -0.2) is 4.98 Å². The molecule has 29 heavy (non-hydrogen) atoms. The fourth-order valence-electron chi connectivity index (χ4n) is 3.28. The van der Waals surface area contributed by atoms with E-state index in [0.29, 0.717) is 0 Å². The van der Waals surface area contributed by atoms with E-state index in [4.69, 9.17) is 0 Å². The van der Waals surface area contributed by atoms with E-state index in [1.807, 2.05) is 6.20 Å². The number of aromatic nitrogens is 2. The highest BCUT2D eigenvalue weighted by atomic mass is 32.2. The van der Waals surface area contributed by atoms with Crippen molar-refractivity contribution in [2.24, 2.45) is 5.41 Å². The topological polar surface area (TPSA) is 37.8 Å². The third kappa shape index (κ3) is 5.03. The Hall–Kier alpha value is -2.68. The lowest BCUT2D eigenvalue weighted by molar-refractivity contribution is 0.580. The molecule has 0 aromatic carbocycles. The summed E-state index contributed by atoms with van der Waals surface area (Å²) in [6.45, 7) is 2.90. The maximum Gasteiger partial charge on any atom is 0.212 e. The van der Waals surface area contributed by atoms with Crippen LogP contribution in [0.25, 0.3) is 6.08 Å². The summed E-state index contributed by atoms with van der Waals surface area (Å²) in [6, 6.07) is 5.07. The average molecular weight is 404 g/mol. The summed E-state index contributed by atoms with van der Waals surface area (Å²) in [7, 11) is 0. The number of nitrogens with zero attached hydrogens (tertiary/aromatic N) is 2. The average Bonchev–Trinajstić information content (AvgIpc) is 2.75. The first kappa shape index (κ1) is 19.6. The first-order valence-corrected chi connectivity index (χ1v) is 10.5. The zero-order chi connectivity index (χ0) is 20.1. The summed E-state index contributed by atoms with van der Waals surface area (Å²) < 4.78 is 16.4. The summed E-state index contributed by atoms with van der Waals surface area (Å²) in [5.41, 5.74) is 4.23. The number of rotatable bonds is 4. The molecule has 1 atom stereocenters. The van der Waals surface area contributed by atoms with Gasteiger partial charge in [-0.15, -0.1) is 0 Å². The number of halogens is 1. The molecular formula is C24H22FN3S. The van der Waals surface area contributed by atoms with E-state index in [-0.39, 0.29) is 5.41 Å². The molecule has 2 heterocycles. The molecule has 1 unspecified atom stereocenters. The molecular weight excluding hydrogens is 381 g/mol. The predicted octanol–water partition coefficient (Wildman–Crippen LogP) is 5.21. The van der Waals surface area contributed by atoms with Crippen LogP contribution in [0, 0.1) is 23.2 Å². The Balaban J connectivity index is 1.33. The van der Waals surface area contributed by atoms with E-state index in [9.17, 15) is 4.39 Å². The van der Waals surface area contributed by atoms with Gasteiger partial charge in [0.2, 0.25) is 5.95 Å². The standard InChI is InChI=1S/C24H22FN3S/c1-24(12-8-18-6-7-23(25)27-16-18)13-9-20(10-14-24)29-28-17-19-11-15-26-22-5-3-2-4-21(19)22/h2,4,6-7,9-11,13,15-16,28H,3,5,14,17H2,1H3. The second-order valence-corrected chi connectivity index (χ2v) is 8.34. The van der Waals surface area contributed by atoms with Crippen molar-refractivity contribution in [3.8, 4) is 11.8 Å². The van der Waals surface area contributed by atoms with Crippen molar-refractivity contribution in [1.29, 1.82) is 0 Å². The number of aryl methyl sites for hydroxylation is 1. The van der Waals surface area contributed by atoms with Crippen LogP contribution in [0.15, 0.2) is 59.8 Å². The summed E-state index contributed by atoms with van der Waals surface area (Å²) >= 11 is 1.64. The fraction of sp³-hybridized carbons (Fsp3) is 0.250. The Morgan fingerprint density at radius 2 is 2.17 bits per heavy atom. The summed E-state index contributed by atoms with van der Waals surface area (Å²) in [6.07, 6.45) is 17.2. The van der Waals surface area contributed by atoms with E-state index in [2.05, 4.69) is 69.9 Å². The summed E-state index contributed by atoms with van der Waals surface area (Å²) in [5, 5.41) is 0. The Morgan fingerprint density at radius 1 is 1.24 bits per heavy atom. The maximum atomic E-state index is 12.9. The normalized spacial score (nSPS) is 19.9. The summed E-state index contributed by atoms with van der Waals surface area (Å²) in [5.74, 6) is 5.89. The first-order chi connectivity index (χ1) is 14.1. The van der Waals surface area contributed by atoms with Crippen LogP contribution in [0.3, 0.4) is 0 Å². The van der Waals surface area contributed by atoms with E-state index in [0.717, 1.165) is 31.4 Å². The molecule has 0 spiro atoms. The second kappa shape index (κ2) is 8.77. The van der Waals surface area contributed by atoms with Crippen LogP contribution in [-0.4, -0.2) is 9.97 Å². The molecule has 0 aliphatic heterocycles. The minimum Gasteiger partial charge on any atom is -0.261 e. The van der Waals surface area contributed by atoms with E-state index < -0.39 is 5.95 Å². The molecule has 5 heteroatoms. The molecule has 0 saturated heterocycles. The lowest BCUT2D eigenvalue weighted by Crippen LogP contribution is -2.13. The number of hydrogen-bond acceptors (Lipinski definition) is 4. The van der Waals surface area contributed by atoms with E-state index >= 15 is 0 Å². The van der Waals surface area contributed by atoms with E-state index in [1.54, 1.807) is 18.0 Å². The predicted molar refractivity (Wildman–Crippen MR) is 117 cm³/mol. The Bertz CT molecular complexity index is 1040. The molecule has 0 amide bonds. The smallest absolute Gasteiger partial charge is 0.212 e. The molecule has 2 aromatic rings. The van der Waals surface area contributed by atoms with Gasteiger partial charge in [0.1, 0.15) is 0 Å². The third-order valence-electron chi connectivity index (χ3n) is 5.01. The van der Waals surface area contributed by atoms with Crippen molar-refractivity contribution in [1.82, 2.24) is 14.7 Å². The van der Waals surface area contributed by atoms with Gasteiger partial charge < -0.3 is 0 Å². The van der Waals surface area contributed by atoms with Crippen molar-refractivity contribution in [3.05, 3.63) is 88.1 Å². The number of fused-ring (bicyclic) bond motifs is 1. The van der Waals surface area contributed by atoms with Crippen LogP contribution < -0.4 is 4.72 Å². The third-order valence-corrected chi connectivity index (χ3v) is 5.84. The fourth-order valence-corrected chi connectivity index (χ4v) is 3.98. The van der Waals surface area contributed by atoms with Gasteiger partial charge in [0.05, 0.1) is 5.41 Å². The lowest BCUT2D eigenvalue weighted by atomic mass is 9.84. The van der Waals surface area contributed by atoms with Gasteiger partial charge in [-0.1, -0.05) is 42.2 Å². The van der Waals surface area contributed by atoms with Crippen molar-refractivity contribution in [2.45, 2.75) is 32.7 Å². The van der Waals surface area contributed by atoms with Crippen molar-refractivity contribution >= 4 is 18.0 Å². The molecule has 0 saturated carbocycles. The van der Waals surface area contributed by atoms with Crippen LogP contribution in [0.5, 0.6) is 0 Å². The highest BCUT2D eigenvalue weighted by molar-refractivity contribution is 8.01. The molecule has 0 radical (unpaired) electrons. The van der Waals surface area contributed by atoms with Gasteiger partial charge in [0.15, 0.2) is 0 Å². The molecule has 0 fully saturated rings. The van der Waals surface area contributed by atoms with Gasteiger partial charge in [0.25, 0.3) is 0 Å². The van der Waals surface area contributed by atoms with Crippen molar-refractivity contribution in [3.63, 3.8) is 0 Å². The number of hydrogen-bond donors (Lipinski definition) is 1. The molecule has 3 nitrogen and oxygen atoms in total. The minimum absolute atomic E-state index is 0.229. The highest BCUT2D eigenvalue weighted by Gasteiger charge is 2.20. The van der Waals surface area contributed by atoms with E-state index in [1.165, 1.54) is 34.0 Å². The van der Waals surface area contributed by atoms with Gasteiger partial charge >= 0.3 is 0 Å². The second-order valence-electron chi connectivity index (χ2n) is 7.38. The SMILES string of the molecule is CC1(C#Cc2ccc(F)nc2)C=CC(SNCc2ccnc3c2C=CCC3)=CC1. The van der Waals surface area contributed by atoms with Crippen LogP contribution in [-0.2, 0) is 13.0 Å². The zero-order valence-electron chi connectivity index (χ0n) is 16.3. The lowest BCUT2D eigenvalue weighted by Gasteiger charge is -2.22. The monoisotopic (exact) mass is 403 g/mol. The van der Waals surface area contributed by atoms with Gasteiger partial charge in [-0.05, 0) is 61.9 Å². The largest absolute Gasteiger partial charge is 0.261 e. The van der Waals surface area contributed by atoms with Gasteiger partial charge in [0, 0.05) is 40.7 Å². The highest BCUT2D eigenvalue weighted by Crippen LogP contribution is 2.32. The van der Waals surface area contributed by atoms with Crippen molar-refractivity contribution in [2.75, 3.05) is 0 Å². The molecule has 2 aromatic heterocycles.